The molecule has 2 aromatic heterocycles. The van der Waals surface area contributed by atoms with Crippen molar-refractivity contribution in [3.05, 3.63) is 82.6 Å². The van der Waals surface area contributed by atoms with Crippen molar-refractivity contribution in [1.82, 2.24) is 20.0 Å². The Balaban J connectivity index is 1.35. The molecule has 1 amide bonds. The van der Waals surface area contributed by atoms with E-state index in [0.717, 1.165) is 30.3 Å². The van der Waals surface area contributed by atoms with Crippen LogP contribution in [0.4, 0.5) is 5.69 Å². The molecule has 5 rings (SSSR count). The molecule has 12 heteroatoms. The largest absolute Gasteiger partial charge is 0.493 e. The van der Waals surface area contributed by atoms with Crippen molar-refractivity contribution < 1.29 is 19.0 Å². The van der Waals surface area contributed by atoms with Crippen LogP contribution in [0.2, 0.25) is 0 Å². The maximum atomic E-state index is 13.7. The first kappa shape index (κ1) is 27.9. The second-order valence-electron chi connectivity index (χ2n) is 8.63. The summed E-state index contributed by atoms with van der Waals surface area (Å²) in [7, 11) is 4.64. The van der Waals surface area contributed by atoms with Gasteiger partial charge in [-0.3, -0.25) is 4.79 Å². The lowest BCUT2D eigenvalue weighted by Gasteiger charge is -2.25. The van der Waals surface area contributed by atoms with Crippen LogP contribution in [-0.4, -0.2) is 47.2 Å². The van der Waals surface area contributed by atoms with Gasteiger partial charge in [0, 0.05) is 28.6 Å². The van der Waals surface area contributed by atoms with Crippen LogP contribution >= 0.6 is 39.0 Å². The van der Waals surface area contributed by atoms with E-state index in [9.17, 15) is 4.79 Å². The summed E-state index contributed by atoms with van der Waals surface area (Å²) >= 11 is 6.72. The lowest BCUT2D eigenvalue weighted by Crippen LogP contribution is -2.33. The number of amides is 1. The van der Waals surface area contributed by atoms with Gasteiger partial charge in [-0.1, -0.05) is 57.2 Å². The van der Waals surface area contributed by atoms with Crippen LogP contribution in [-0.2, 0) is 23.6 Å². The number of hydrogen-bond acceptors (Lipinski definition) is 9. The molecule has 0 atom stereocenters. The zero-order valence-corrected chi connectivity index (χ0v) is 25.3. The van der Waals surface area contributed by atoms with Gasteiger partial charge in [-0.05, 0) is 29.8 Å². The standard InChI is InChI=1S/C28H26BrN5O4S2/c1-36-23-12-21(13-24(37-2)27(23)38-3)34(14-18-8-10-19(29)11-9-18)26(35)16-33-15-20(31-32-33)17-39-28-30-22-6-4-5-7-25(22)40-28/h4-13,15H,14,16-17H2,1-3H3. The maximum Gasteiger partial charge on any atom is 0.249 e. The summed E-state index contributed by atoms with van der Waals surface area (Å²) in [5.41, 5.74) is 3.32. The van der Waals surface area contributed by atoms with Crippen molar-refractivity contribution in [1.29, 1.82) is 0 Å². The van der Waals surface area contributed by atoms with E-state index in [0.29, 0.717) is 35.2 Å². The highest BCUT2D eigenvalue weighted by Gasteiger charge is 2.22. The molecule has 3 aromatic carbocycles. The van der Waals surface area contributed by atoms with Crippen molar-refractivity contribution in [3.63, 3.8) is 0 Å². The van der Waals surface area contributed by atoms with Gasteiger partial charge in [-0.2, -0.15) is 0 Å². The summed E-state index contributed by atoms with van der Waals surface area (Å²) in [6.07, 6.45) is 1.80. The Morgan fingerprint density at radius 2 is 1.75 bits per heavy atom. The molecule has 5 aromatic rings. The first-order valence-electron chi connectivity index (χ1n) is 12.2. The molecule has 206 valence electrons. The van der Waals surface area contributed by atoms with Gasteiger partial charge in [0.15, 0.2) is 15.8 Å². The maximum absolute atomic E-state index is 13.7. The molecule has 2 heterocycles. The van der Waals surface area contributed by atoms with Crippen LogP contribution in [0.15, 0.2) is 75.7 Å². The fourth-order valence-corrected chi connectivity index (χ4v) is 6.28. The fraction of sp³-hybridized carbons (Fsp3) is 0.214. The number of anilines is 1. The first-order chi connectivity index (χ1) is 19.5. The molecular weight excluding hydrogens is 614 g/mol. The first-order valence-corrected chi connectivity index (χ1v) is 14.8. The second-order valence-corrected chi connectivity index (χ2v) is 11.8. The number of carbonyl (C=O) groups excluding carboxylic acids is 1. The highest BCUT2D eigenvalue weighted by atomic mass is 79.9. The summed E-state index contributed by atoms with van der Waals surface area (Å²) in [5, 5.41) is 8.49. The van der Waals surface area contributed by atoms with Crippen LogP contribution in [0, 0.1) is 0 Å². The Morgan fingerprint density at radius 1 is 1.02 bits per heavy atom. The summed E-state index contributed by atoms with van der Waals surface area (Å²) in [5.74, 6) is 1.80. The van der Waals surface area contributed by atoms with E-state index in [2.05, 4.69) is 37.3 Å². The number of rotatable bonds is 11. The third-order valence-electron chi connectivity index (χ3n) is 6.02. The van der Waals surface area contributed by atoms with Gasteiger partial charge in [0.25, 0.3) is 0 Å². The lowest BCUT2D eigenvalue weighted by atomic mass is 10.1. The monoisotopic (exact) mass is 639 g/mol. The molecule has 0 radical (unpaired) electrons. The Morgan fingerprint density at radius 3 is 2.42 bits per heavy atom. The minimum Gasteiger partial charge on any atom is -0.493 e. The number of hydrogen-bond donors (Lipinski definition) is 0. The molecule has 0 saturated heterocycles. The number of ether oxygens (including phenoxy) is 3. The molecule has 0 aliphatic carbocycles. The van der Waals surface area contributed by atoms with Crippen LogP contribution in [0.3, 0.4) is 0 Å². The zero-order chi connectivity index (χ0) is 28.1. The van der Waals surface area contributed by atoms with E-state index in [1.54, 1.807) is 72.3 Å². The van der Waals surface area contributed by atoms with Crippen molar-refractivity contribution in [2.24, 2.45) is 0 Å². The third-order valence-corrected chi connectivity index (χ3v) is 8.76. The van der Waals surface area contributed by atoms with Gasteiger partial charge in [-0.15, -0.1) is 16.4 Å². The summed E-state index contributed by atoms with van der Waals surface area (Å²) < 4.78 is 21.2. The Hall–Kier alpha value is -3.61. The van der Waals surface area contributed by atoms with Gasteiger partial charge in [-0.25, -0.2) is 9.67 Å². The number of thiazole rings is 1. The number of fused-ring (bicyclic) bond motifs is 1. The minimum atomic E-state index is -0.174. The molecule has 0 saturated carbocycles. The van der Waals surface area contributed by atoms with Gasteiger partial charge in [0.1, 0.15) is 6.54 Å². The predicted octanol–water partition coefficient (Wildman–Crippen LogP) is 6.20. The number of nitrogens with zero attached hydrogens (tertiary/aromatic N) is 5. The minimum absolute atomic E-state index is 0.00594. The van der Waals surface area contributed by atoms with Crippen molar-refractivity contribution >= 4 is 60.8 Å². The van der Waals surface area contributed by atoms with Crippen LogP contribution in [0.25, 0.3) is 10.2 Å². The molecule has 0 spiro atoms. The highest BCUT2D eigenvalue weighted by Crippen LogP contribution is 2.41. The van der Waals surface area contributed by atoms with E-state index in [4.69, 9.17) is 14.2 Å². The Bertz CT molecular complexity index is 1560. The van der Waals surface area contributed by atoms with Crippen molar-refractivity contribution in [2.45, 2.75) is 23.2 Å². The van der Waals surface area contributed by atoms with Crippen LogP contribution in [0.5, 0.6) is 17.2 Å². The number of aromatic nitrogens is 4. The van der Waals surface area contributed by atoms with E-state index < -0.39 is 0 Å². The number of carbonyl (C=O) groups is 1. The number of thioether (sulfide) groups is 1. The molecule has 0 bridgehead atoms. The van der Waals surface area contributed by atoms with E-state index >= 15 is 0 Å². The van der Waals surface area contributed by atoms with E-state index in [-0.39, 0.29) is 12.5 Å². The van der Waals surface area contributed by atoms with Crippen LogP contribution < -0.4 is 19.1 Å². The van der Waals surface area contributed by atoms with Crippen LogP contribution in [0.1, 0.15) is 11.3 Å². The van der Waals surface area contributed by atoms with Gasteiger partial charge in [0.05, 0.1) is 49.5 Å². The SMILES string of the molecule is COc1cc(N(Cc2ccc(Br)cc2)C(=O)Cn2cc(CSc3nc4ccccc4s3)nn2)cc(OC)c1OC. The molecule has 0 fully saturated rings. The van der Waals surface area contributed by atoms with Gasteiger partial charge in [0.2, 0.25) is 11.7 Å². The summed E-state index contributed by atoms with van der Waals surface area (Å²) in [4.78, 5) is 20.1. The zero-order valence-electron chi connectivity index (χ0n) is 22.0. The topological polar surface area (TPSA) is 91.6 Å². The third kappa shape index (κ3) is 6.40. The number of benzene rings is 3. The fourth-order valence-electron chi connectivity index (χ4n) is 4.07. The summed E-state index contributed by atoms with van der Waals surface area (Å²) in [6, 6.07) is 19.4. The Labute approximate surface area is 248 Å². The average Bonchev–Trinajstić information content (AvgIpc) is 3.61. The predicted molar refractivity (Wildman–Crippen MR) is 161 cm³/mol. The second kappa shape index (κ2) is 12.7. The molecule has 0 N–H and O–H groups in total. The number of halogens is 1. The smallest absolute Gasteiger partial charge is 0.249 e. The molecule has 0 aliphatic rings. The number of methoxy groups -OCH3 is 3. The van der Waals surface area contributed by atoms with Crippen molar-refractivity contribution in [3.8, 4) is 17.2 Å². The normalized spacial score (nSPS) is 11.0. The van der Waals surface area contributed by atoms with E-state index in [1.165, 1.54) is 0 Å². The average molecular weight is 641 g/mol. The molecule has 0 unspecified atom stereocenters. The highest BCUT2D eigenvalue weighted by molar-refractivity contribution is 9.10. The van der Waals surface area contributed by atoms with E-state index in [1.807, 2.05) is 42.5 Å². The quantitative estimate of drug-likeness (QED) is 0.158. The molecule has 9 nitrogen and oxygen atoms in total. The number of para-hydroxylation sites is 1. The lowest BCUT2D eigenvalue weighted by molar-refractivity contribution is -0.119. The Kier molecular flexibility index (Phi) is 8.88. The van der Waals surface area contributed by atoms with Gasteiger partial charge < -0.3 is 19.1 Å². The molecule has 0 aliphatic heterocycles. The molecular formula is C28H26BrN5O4S2. The molecule has 40 heavy (non-hydrogen) atoms. The van der Waals surface area contributed by atoms with Gasteiger partial charge >= 0.3 is 0 Å². The summed E-state index contributed by atoms with van der Waals surface area (Å²) in [6.45, 7) is 0.339. The van der Waals surface area contributed by atoms with Crippen molar-refractivity contribution in [2.75, 3.05) is 26.2 Å².